The number of benzene rings is 2. The molecule has 0 aliphatic rings. The average molecular weight is 404 g/mol. The molecule has 0 radical (unpaired) electrons. The smallest absolute Gasteiger partial charge is 0.329 e. The predicted molar refractivity (Wildman–Crippen MR) is 111 cm³/mol. The van der Waals surface area contributed by atoms with Gasteiger partial charge in [0, 0.05) is 11.3 Å². The fourth-order valence-corrected chi connectivity index (χ4v) is 3.71. The molecule has 0 aliphatic carbocycles. The highest BCUT2D eigenvalue weighted by molar-refractivity contribution is 7.99. The number of carboxylic acids is 1. The van der Waals surface area contributed by atoms with Gasteiger partial charge in [-0.1, -0.05) is 30.3 Å². The van der Waals surface area contributed by atoms with Gasteiger partial charge in [0.25, 0.3) is 5.91 Å². The van der Waals surface area contributed by atoms with E-state index in [1.165, 1.54) is 18.7 Å². The molecule has 0 aromatic heterocycles. The zero-order valence-corrected chi connectivity index (χ0v) is 16.9. The quantitative estimate of drug-likeness (QED) is 0.466. The highest BCUT2D eigenvalue weighted by Gasteiger charge is 2.34. The summed E-state index contributed by atoms with van der Waals surface area (Å²) in [4.78, 5) is 35.7. The molecule has 0 saturated carbocycles. The van der Waals surface area contributed by atoms with E-state index in [0.717, 1.165) is 10.8 Å². The van der Waals surface area contributed by atoms with Gasteiger partial charge in [0.05, 0.1) is 13.0 Å². The first-order chi connectivity index (χ1) is 13.4. The monoisotopic (exact) mass is 403 g/mol. The molecule has 0 fully saturated rings. The largest absolute Gasteiger partial charge is 0.480 e. The molecule has 0 aliphatic heterocycles. The first-order valence-corrected chi connectivity index (χ1v) is 10.3. The zero-order chi connectivity index (χ0) is 20.6. The molecule has 0 spiro atoms. The van der Waals surface area contributed by atoms with E-state index in [1.54, 1.807) is 19.1 Å². The summed E-state index contributed by atoms with van der Waals surface area (Å²) in [7, 11) is 0. The third-order valence-corrected chi connectivity index (χ3v) is 5.36. The third kappa shape index (κ3) is 5.99. The van der Waals surface area contributed by atoms with Crippen molar-refractivity contribution in [1.82, 2.24) is 5.32 Å². The van der Waals surface area contributed by atoms with Crippen molar-refractivity contribution in [2.75, 3.05) is 18.1 Å². The van der Waals surface area contributed by atoms with Gasteiger partial charge in [-0.25, -0.2) is 4.79 Å². The molecule has 0 bridgehead atoms. The van der Waals surface area contributed by atoms with Crippen LogP contribution in [-0.4, -0.2) is 46.6 Å². The summed E-state index contributed by atoms with van der Waals surface area (Å²) in [5, 5.41) is 14.2. The number of carbonyl (C=O) groups excluding carboxylic acids is 2. The summed E-state index contributed by atoms with van der Waals surface area (Å²) in [5.74, 6) is -0.728. The fraction of sp³-hybridized carbons (Fsp3) is 0.381. The van der Waals surface area contributed by atoms with Crippen LogP contribution in [0.2, 0.25) is 0 Å². The van der Waals surface area contributed by atoms with Crippen LogP contribution >= 0.6 is 11.8 Å². The van der Waals surface area contributed by atoms with Gasteiger partial charge in [0.15, 0.2) is 0 Å². The van der Waals surface area contributed by atoms with Crippen molar-refractivity contribution in [3.63, 3.8) is 0 Å². The van der Waals surface area contributed by atoms with Crippen molar-refractivity contribution in [3.05, 3.63) is 48.0 Å². The van der Waals surface area contributed by atoms with Crippen LogP contribution in [0.3, 0.4) is 0 Å². The number of rotatable bonds is 10. The van der Waals surface area contributed by atoms with Gasteiger partial charge >= 0.3 is 11.9 Å². The molecule has 7 heteroatoms. The maximum absolute atomic E-state index is 12.6. The van der Waals surface area contributed by atoms with Crippen molar-refractivity contribution in [2.24, 2.45) is 0 Å². The number of amides is 1. The Morgan fingerprint density at radius 3 is 2.50 bits per heavy atom. The number of ether oxygens (including phenoxy) is 1. The summed E-state index contributed by atoms with van der Waals surface area (Å²) < 4.78 is 4.86. The van der Waals surface area contributed by atoms with Crippen LogP contribution in [0.15, 0.2) is 42.5 Å². The van der Waals surface area contributed by atoms with Crippen LogP contribution in [0.4, 0.5) is 0 Å². The van der Waals surface area contributed by atoms with E-state index in [0.29, 0.717) is 23.7 Å². The zero-order valence-electron chi connectivity index (χ0n) is 16.1. The average Bonchev–Trinajstić information content (AvgIpc) is 2.67. The Balaban J connectivity index is 1.95. The van der Waals surface area contributed by atoms with E-state index in [4.69, 9.17) is 4.74 Å². The standard InChI is InChI=1S/C21H25NO5S/c1-3-27-18(23)10-12-28-13-11-21(2,20(25)26)22-19(24)17-9-8-15-6-4-5-7-16(15)14-17/h4-9,14H,3,10-13H2,1-2H3,(H,22,24)(H,25,26). The SMILES string of the molecule is CCOC(=O)CCSCCC(C)(NC(=O)c1ccc2ccccc2c1)C(=O)O. The van der Waals surface area contributed by atoms with Crippen molar-refractivity contribution in [2.45, 2.75) is 32.2 Å². The van der Waals surface area contributed by atoms with Crippen molar-refractivity contribution >= 4 is 40.4 Å². The van der Waals surface area contributed by atoms with Gasteiger partial charge in [0.2, 0.25) is 0 Å². The summed E-state index contributed by atoms with van der Waals surface area (Å²) in [6.07, 6.45) is 0.529. The maximum atomic E-state index is 12.6. The molecular formula is C21H25NO5S. The van der Waals surface area contributed by atoms with Gasteiger partial charge in [-0.2, -0.15) is 11.8 Å². The summed E-state index contributed by atoms with van der Waals surface area (Å²) in [5.41, 5.74) is -0.972. The number of hydrogen-bond donors (Lipinski definition) is 2. The lowest BCUT2D eigenvalue weighted by Gasteiger charge is -2.26. The molecule has 1 atom stereocenters. The second kappa shape index (κ2) is 10.1. The molecule has 2 aromatic rings. The molecule has 150 valence electrons. The number of thioether (sulfide) groups is 1. The molecule has 6 nitrogen and oxygen atoms in total. The van der Waals surface area contributed by atoms with E-state index in [-0.39, 0.29) is 18.8 Å². The summed E-state index contributed by atoms with van der Waals surface area (Å²) in [6, 6.07) is 12.9. The first-order valence-electron chi connectivity index (χ1n) is 9.14. The maximum Gasteiger partial charge on any atom is 0.329 e. The highest BCUT2D eigenvalue weighted by atomic mass is 32.2. The summed E-state index contributed by atoms with van der Waals surface area (Å²) >= 11 is 1.46. The van der Waals surface area contributed by atoms with Crippen LogP contribution in [0.1, 0.15) is 37.0 Å². The lowest BCUT2D eigenvalue weighted by Crippen LogP contribution is -2.52. The summed E-state index contributed by atoms with van der Waals surface area (Å²) in [6.45, 7) is 3.60. The number of hydrogen-bond acceptors (Lipinski definition) is 5. The van der Waals surface area contributed by atoms with Crippen molar-refractivity contribution in [1.29, 1.82) is 0 Å². The van der Waals surface area contributed by atoms with Crippen molar-refractivity contribution in [3.8, 4) is 0 Å². The first kappa shape index (κ1) is 21.8. The van der Waals surface area contributed by atoms with Crippen LogP contribution in [0, 0.1) is 0 Å². The van der Waals surface area contributed by atoms with Gasteiger partial charge in [-0.15, -0.1) is 0 Å². The Bertz CT molecular complexity index is 854. The predicted octanol–water partition coefficient (Wildman–Crippen LogP) is 3.49. The Morgan fingerprint density at radius 1 is 1.11 bits per heavy atom. The van der Waals surface area contributed by atoms with Crippen LogP contribution in [0.25, 0.3) is 10.8 Å². The number of aliphatic carboxylic acids is 1. The Hall–Kier alpha value is -2.54. The molecule has 1 unspecified atom stereocenters. The van der Waals surface area contributed by atoms with Gasteiger partial charge in [0.1, 0.15) is 5.54 Å². The molecule has 0 saturated heterocycles. The fourth-order valence-electron chi connectivity index (χ4n) is 2.64. The topological polar surface area (TPSA) is 92.7 Å². The van der Waals surface area contributed by atoms with Crippen molar-refractivity contribution < 1.29 is 24.2 Å². The Kier molecular flexibility index (Phi) is 7.87. The minimum absolute atomic E-state index is 0.245. The molecule has 28 heavy (non-hydrogen) atoms. The molecule has 2 N–H and O–H groups in total. The number of carbonyl (C=O) groups is 3. The molecule has 0 heterocycles. The molecule has 2 rings (SSSR count). The van der Waals surface area contributed by atoms with Gasteiger partial charge < -0.3 is 15.2 Å². The van der Waals surface area contributed by atoms with E-state index in [2.05, 4.69) is 5.32 Å². The minimum Gasteiger partial charge on any atom is -0.480 e. The number of fused-ring (bicyclic) bond motifs is 1. The third-order valence-electron chi connectivity index (χ3n) is 4.38. The van der Waals surface area contributed by atoms with Gasteiger partial charge in [-0.3, -0.25) is 9.59 Å². The molecule has 2 aromatic carbocycles. The van der Waals surface area contributed by atoms with E-state index in [1.807, 2.05) is 30.3 Å². The number of esters is 1. The van der Waals surface area contributed by atoms with Crippen LogP contribution in [0.5, 0.6) is 0 Å². The van der Waals surface area contributed by atoms with Crippen LogP contribution in [-0.2, 0) is 14.3 Å². The lowest BCUT2D eigenvalue weighted by atomic mass is 9.98. The highest BCUT2D eigenvalue weighted by Crippen LogP contribution is 2.19. The van der Waals surface area contributed by atoms with Gasteiger partial charge in [-0.05, 0) is 48.9 Å². The normalized spacial score (nSPS) is 12.9. The molecular weight excluding hydrogens is 378 g/mol. The lowest BCUT2D eigenvalue weighted by molar-refractivity contribution is -0.144. The van der Waals surface area contributed by atoms with E-state index < -0.39 is 17.4 Å². The number of nitrogens with one attached hydrogen (secondary N) is 1. The van der Waals surface area contributed by atoms with E-state index >= 15 is 0 Å². The second-order valence-electron chi connectivity index (χ2n) is 6.57. The molecule has 1 amide bonds. The second-order valence-corrected chi connectivity index (χ2v) is 7.80. The number of carboxylic acid groups (broad SMARTS) is 1. The Morgan fingerprint density at radius 2 is 1.82 bits per heavy atom. The Labute approximate surface area is 168 Å². The van der Waals surface area contributed by atoms with E-state index in [9.17, 15) is 19.5 Å². The minimum atomic E-state index is -1.39. The van der Waals surface area contributed by atoms with Crippen LogP contribution < -0.4 is 5.32 Å².